The van der Waals surface area contributed by atoms with Crippen LogP contribution in [0, 0.1) is 0 Å². The fourth-order valence-corrected chi connectivity index (χ4v) is 1.61. The summed E-state index contributed by atoms with van der Waals surface area (Å²) in [5.41, 5.74) is 1.07. The molecule has 0 heterocycles. The summed E-state index contributed by atoms with van der Waals surface area (Å²) in [7, 11) is 1.63. The quantitative estimate of drug-likeness (QED) is 0.787. The van der Waals surface area contributed by atoms with Gasteiger partial charge in [0.1, 0.15) is 6.61 Å². The zero-order valence-corrected chi connectivity index (χ0v) is 12.3. The molecule has 0 saturated heterocycles. The number of hydrogen-bond acceptors (Lipinski definition) is 2. The number of ether oxygens (including phenoxy) is 2. The van der Waals surface area contributed by atoms with Crippen LogP contribution in [0.15, 0.2) is 48.5 Å². The number of rotatable bonds is 4. The van der Waals surface area contributed by atoms with Gasteiger partial charge < -0.3 is 9.47 Å². The second kappa shape index (κ2) is 8.44. The maximum Gasteiger partial charge on any atom is 0.161 e. The third-order valence-electron chi connectivity index (χ3n) is 2.38. The number of methoxy groups -OCH3 is 1. The number of halogens is 1. The Labute approximate surface area is 119 Å². The lowest BCUT2D eigenvalue weighted by Crippen LogP contribution is -1.97. The molecule has 0 amide bonds. The Kier molecular flexibility index (Phi) is 6.83. The van der Waals surface area contributed by atoms with E-state index in [9.17, 15) is 0 Å². The molecule has 19 heavy (non-hydrogen) atoms. The Hall–Kier alpha value is -1.67. The largest absolute Gasteiger partial charge is 0.493 e. The van der Waals surface area contributed by atoms with Crippen LogP contribution in [0.2, 0.25) is 5.02 Å². The van der Waals surface area contributed by atoms with Crippen LogP contribution in [0.4, 0.5) is 0 Å². The van der Waals surface area contributed by atoms with Crippen molar-refractivity contribution in [3.05, 3.63) is 59.1 Å². The molecule has 0 unspecified atom stereocenters. The molecule has 0 radical (unpaired) electrons. The topological polar surface area (TPSA) is 18.5 Å². The zero-order valence-electron chi connectivity index (χ0n) is 11.5. The summed E-state index contributed by atoms with van der Waals surface area (Å²) >= 11 is 5.82. The standard InChI is InChI=1S/C14H13ClO2.C2H6/c1-16-13-4-2-3-5-14(13)17-10-11-6-8-12(15)9-7-11;1-2/h2-9H,10H2,1H3;1-2H3. The van der Waals surface area contributed by atoms with Gasteiger partial charge in [-0.15, -0.1) is 0 Å². The van der Waals surface area contributed by atoms with Crippen molar-refractivity contribution in [2.45, 2.75) is 20.5 Å². The van der Waals surface area contributed by atoms with Crippen LogP contribution in [-0.2, 0) is 6.61 Å². The summed E-state index contributed by atoms with van der Waals surface area (Å²) in [5, 5.41) is 0.728. The van der Waals surface area contributed by atoms with Crippen molar-refractivity contribution in [3.8, 4) is 11.5 Å². The minimum Gasteiger partial charge on any atom is -0.493 e. The summed E-state index contributed by atoms with van der Waals surface area (Å²) < 4.78 is 10.9. The highest BCUT2D eigenvalue weighted by molar-refractivity contribution is 6.30. The van der Waals surface area contributed by atoms with E-state index in [0.29, 0.717) is 6.61 Å². The number of benzene rings is 2. The molecule has 2 aromatic carbocycles. The molecule has 0 aliphatic heterocycles. The molecular weight excluding hydrogens is 260 g/mol. The molecule has 0 bridgehead atoms. The van der Waals surface area contributed by atoms with E-state index in [-0.39, 0.29) is 0 Å². The van der Waals surface area contributed by atoms with E-state index in [1.165, 1.54) is 0 Å². The van der Waals surface area contributed by atoms with E-state index in [0.717, 1.165) is 22.1 Å². The third kappa shape index (κ3) is 4.84. The lowest BCUT2D eigenvalue weighted by atomic mass is 10.2. The molecule has 2 rings (SSSR count). The summed E-state index contributed by atoms with van der Waals surface area (Å²) in [6, 6.07) is 15.2. The van der Waals surface area contributed by atoms with E-state index in [4.69, 9.17) is 21.1 Å². The summed E-state index contributed by atoms with van der Waals surface area (Å²) in [6.07, 6.45) is 0. The molecule has 2 aromatic rings. The highest BCUT2D eigenvalue weighted by Gasteiger charge is 2.02. The smallest absolute Gasteiger partial charge is 0.161 e. The lowest BCUT2D eigenvalue weighted by Gasteiger charge is -2.10. The molecule has 3 heteroatoms. The van der Waals surface area contributed by atoms with Crippen LogP contribution in [-0.4, -0.2) is 7.11 Å². The lowest BCUT2D eigenvalue weighted by molar-refractivity contribution is 0.284. The Balaban J connectivity index is 0.000000861. The predicted molar refractivity (Wildman–Crippen MR) is 80.1 cm³/mol. The first-order chi connectivity index (χ1) is 9.29. The molecule has 102 valence electrons. The van der Waals surface area contributed by atoms with Crippen molar-refractivity contribution in [1.29, 1.82) is 0 Å². The molecule has 0 N–H and O–H groups in total. The van der Waals surface area contributed by atoms with Gasteiger partial charge in [0.05, 0.1) is 7.11 Å². The van der Waals surface area contributed by atoms with E-state index in [1.54, 1.807) is 7.11 Å². The van der Waals surface area contributed by atoms with Crippen molar-refractivity contribution in [2.75, 3.05) is 7.11 Å². The van der Waals surface area contributed by atoms with Crippen LogP contribution in [0.5, 0.6) is 11.5 Å². The Bertz CT molecular complexity index is 480. The fraction of sp³-hybridized carbons (Fsp3) is 0.250. The van der Waals surface area contributed by atoms with E-state index in [1.807, 2.05) is 62.4 Å². The second-order valence-corrected chi connectivity index (χ2v) is 4.00. The second-order valence-electron chi connectivity index (χ2n) is 3.57. The molecule has 2 nitrogen and oxygen atoms in total. The van der Waals surface area contributed by atoms with Gasteiger partial charge in [-0.1, -0.05) is 49.7 Å². The monoisotopic (exact) mass is 278 g/mol. The summed E-state index contributed by atoms with van der Waals surface area (Å²) in [4.78, 5) is 0. The molecule has 0 saturated carbocycles. The Morgan fingerprint density at radius 1 is 0.895 bits per heavy atom. The van der Waals surface area contributed by atoms with Crippen molar-refractivity contribution < 1.29 is 9.47 Å². The normalized spacial score (nSPS) is 9.26. The first-order valence-corrected chi connectivity index (χ1v) is 6.67. The van der Waals surface area contributed by atoms with Gasteiger partial charge in [0.15, 0.2) is 11.5 Å². The predicted octanol–water partition coefficient (Wildman–Crippen LogP) is 4.95. The van der Waals surface area contributed by atoms with Crippen molar-refractivity contribution in [1.82, 2.24) is 0 Å². The van der Waals surface area contributed by atoms with Crippen LogP contribution < -0.4 is 9.47 Å². The van der Waals surface area contributed by atoms with Crippen LogP contribution in [0.25, 0.3) is 0 Å². The Morgan fingerprint density at radius 2 is 1.47 bits per heavy atom. The van der Waals surface area contributed by atoms with Crippen molar-refractivity contribution in [3.63, 3.8) is 0 Å². The molecular formula is C16H19ClO2. The maximum atomic E-state index is 5.82. The van der Waals surface area contributed by atoms with E-state index < -0.39 is 0 Å². The van der Waals surface area contributed by atoms with Crippen LogP contribution >= 0.6 is 11.6 Å². The molecule has 0 aliphatic rings. The fourth-order valence-electron chi connectivity index (χ4n) is 1.48. The number of para-hydroxylation sites is 2. The Morgan fingerprint density at radius 3 is 2.05 bits per heavy atom. The highest BCUT2D eigenvalue weighted by atomic mass is 35.5. The van der Waals surface area contributed by atoms with Gasteiger partial charge in [0.25, 0.3) is 0 Å². The highest BCUT2D eigenvalue weighted by Crippen LogP contribution is 2.26. The minimum absolute atomic E-state index is 0.498. The van der Waals surface area contributed by atoms with Crippen molar-refractivity contribution in [2.24, 2.45) is 0 Å². The van der Waals surface area contributed by atoms with Crippen LogP contribution in [0.1, 0.15) is 19.4 Å². The van der Waals surface area contributed by atoms with E-state index >= 15 is 0 Å². The van der Waals surface area contributed by atoms with Crippen molar-refractivity contribution >= 4 is 11.6 Å². The van der Waals surface area contributed by atoms with Gasteiger partial charge in [-0.2, -0.15) is 0 Å². The molecule has 0 fully saturated rings. The van der Waals surface area contributed by atoms with Gasteiger partial charge in [0.2, 0.25) is 0 Å². The molecule has 0 aliphatic carbocycles. The first kappa shape index (κ1) is 15.4. The SMILES string of the molecule is CC.COc1ccccc1OCc1ccc(Cl)cc1. The van der Waals surface area contributed by atoms with Crippen LogP contribution in [0.3, 0.4) is 0 Å². The summed E-state index contributed by atoms with van der Waals surface area (Å²) in [5.74, 6) is 1.48. The third-order valence-corrected chi connectivity index (χ3v) is 2.63. The average Bonchev–Trinajstić information content (AvgIpc) is 2.49. The van der Waals surface area contributed by atoms with Gasteiger partial charge in [0, 0.05) is 5.02 Å². The van der Waals surface area contributed by atoms with Gasteiger partial charge in [-0.25, -0.2) is 0 Å². The van der Waals surface area contributed by atoms with Gasteiger partial charge in [-0.05, 0) is 29.8 Å². The maximum absolute atomic E-state index is 5.82. The zero-order chi connectivity index (χ0) is 14.1. The molecule has 0 aromatic heterocycles. The van der Waals surface area contributed by atoms with E-state index in [2.05, 4.69) is 0 Å². The van der Waals surface area contributed by atoms with Gasteiger partial charge >= 0.3 is 0 Å². The summed E-state index contributed by atoms with van der Waals surface area (Å²) in [6.45, 7) is 4.50. The van der Waals surface area contributed by atoms with Gasteiger partial charge in [-0.3, -0.25) is 0 Å². The molecule has 0 atom stereocenters. The average molecular weight is 279 g/mol. The molecule has 0 spiro atoms. The number of hydrogen-bond donors (Lipinski definition) is 0. The first-order valence-electron chi connectivity index (χ1n) is 6.30. The minimum atomic E-state index is 0.498.